The predicted molar refractivity (Wildman–Crippen MR) is 107 cm³/mol. The van der Waals surface area contributed by atoms with E-state index in [9.17, 15) is 8.42 Å². The molecular weight excluding hydrogens is 382 g/mol. The minimum atomic E-state index is -3.32. The molecule has 2 aromatic carbocycles. The van der Waals surface area contributed by atoms with E-state index < -0.39 is 10.0 Å². The molecule has 0 amide bonds. The van der Waals surface area contributed by atoms with E-state index in [1.807, 2.05) is 42.5 Å². The lowest BCUT2D eigenvalue weighted by atomic mass is 10.1. The van der Waals surface area contributed by atoms with E-state index in [0.29, 0.717) is 17.9 Å². The van der Waals surface area contributed by atoms with Crippen molar-refractivity contribution < 1.29 is 8.42 Å². The molecule has 138 valence electrons. The van der Waals surface area contributed by atoms with Crippen LogP contribution in [0.1, 0.15) is 17.0 Å². The number of anilines is 1. The van der Waals surface area contributed by atoms with Gasteiger partial charge in [0.15, 0.2) is 5.82 Å². The maximum absolute atomic E-state index is 11.4. The van der Waals surface area contributed by atoms with Gasteiger partial charge in [-0.05, 0) is 23.3 Å². The summed E-state index contributed by atoms with van der Waals surface area (Å²) >= 11 is 1.60. The highest BCUT2D eigenvalue weighted by atomic mass is 32.2. The normalized spacial score (nSPS) is 13.7. The Hall–Kier alpha value is -2.65. The summed E-state index contributed by atoms with van der Waals surface area (Å²) in [5.41, 5.74) is 3.50. The van der Waals surface area contributed by atoms with Crippen molar-refractivity contribution >= 4 is 33.2 Å². The van der Waals surface area contributed by atoms with Crippen LogP contribution < -0.4 is 4.72 Å². The number of hydrogen-bond donors (Lipinski definition) is 1. The zero-order valence-corrected chi connectivity index (χ0v) is 16.2. The molecule has 1 aliphatic heterocycles. The van der Waals surface area contributed by atoms with Crippen LogP contribution in [0.25, 0.3) is 0 Å². The summed E-state index contributed by atoms with van der Waals surface area (Å²) in [6.45, 7) is 0. The summed E-state index contributed by atoms with van der Waals surface area (Å²) in [4.78, 5) is 0. The molecule has 9 heteroatoms. The zero-order chi connectivity index (χ0) is 18.9. The molecule has 0 spiro atoms. The standard InChI is InChI=1S/C18H17N5O2S2/c1-27(24,25)22-15-9-5-6-13(10-15)11-17-19-20-18-23(17)21-16(12-26-18)14-7-3-2-4-8-14/h2-10,22H,11-12H2,1H3. The van der Waals surface area contributed by atoms with Gasteiger partial charge < -0.3 is 0 Å². The van der Waals surface area contributed by atoms with Crippen molar-refractivity contribution in [1.29, 1.82) is 0 Å². The Kier molecular flexibility index (Phi) is 4.71. The number of hydrogen-bond acceptors (Lipinski definition) is 6. The molecule has 1 aromatic heterocycles. The molecule has 0 atom stereocenters. The first-order valence-electron chi connectivity index (χ1n) is 8.25. The van der Waals surface area contributed by atoms with Crippen molar-refractivity contribution in [3.8, 4) is 0 Å². The van der Waals surface area contributed by atoms with Gasteiger partial charge in [-0.3, -0.25) is 4.72 Å². The SMILES string of the molecule is CS(=O)(=O)Nc1cccc(Cc2nnc3n2N=C(c2ccccc2)CS3)c1. The van der Waals surface area contributed by atoms with E-state index in [0.717, 1.165) is 34.0 Å². The molecule has 0 unspecified atom stereocenters. The molecule has 1 aliphatic rings. The third kappa shape index (κ3) is 4.20. The average molecular weight is 400 g/mol. The first-order chi connectivity index (χ1) is 13.0. The molecule has 2 heterocycles. The topological polar surface area (TPSA) is 89.2 Å². The van der Waals surface area contributed by atoms with Crippen LogP contribution in [-0.4, -0.2) is 41.0 Å². The van der Waals surface area contributed by atoms with Crippen LogP contribution in [0.15, 0.2) is 64.9 Å². The van der Waals surface area contributed by atoms with Gasteiger partial charge in [-0.25, -0.2) is 8.42 Å². The molecule has 0 radical (unpaired) electrons. The van der Waals surface area contributed by atoms with Gasteiger partial charge in [-0.1, -0.05) is 54.2 Å². The number of benzene rings is 2. The van der Waals surface area contributed by atoms with Crippen LogP contribution in [-0.2, 0) is 16.4 Å². The minimum Gasteiger partial charge on any atom is -0.284 e. The number of aromatic nitrogens is 3. The lowest BCUT2D eigenvalue weighted by molar-refractivity contribution is 0.607. The van der Waals surface area contributed by atoms with Gasteiger partial charge in [0.25, 0.3) is 0 Å². The average Bonchev–Trinajstić information content (AvgIpc) is 3.03. The molecule has 27 heavy (non-hydrogen) atoms. The molecule has 7 nitrogen and oxygen atoms in total. The maximum atomic E-state index is 11.4. The minimum absolute atomic E-state index is 0.498. The largest absolute Gasteiger partial charge is 0.284 e. The van der Waals surface area contributed by atoms with Gasteiger partial charge in [-0.2, -0.15) is 9.78 Å². The van der Waals surface area contributed by atoms with Gasteiger partial charge in [-0.15, -0.1) is 10.2 Å². The van der Waals surface area contributed by atoms with Crippen molar-refractivity contribution in [2.45, 2.75) is 11.6 Å². The molecule has 0 saturated heterocycles. The molecule has 4 rings (SSSR count). The van der Waals surface area contributed by atoms with Gasteiger partial charge in [0.05, 0.1) is 12.0 Å². The van der Waals surface area contributed by atoms with Crippen molar-refractivity contribution in [2.24, 2.45) is 5.10 Å². The Labute approximate surface area is 161 Å². The first-order valence-corrected chi connectivity index (χ1v) is 11.1. The summed E-state index contributed by atoms with van der Waals surface area (Å²) in [5, 5.41) is 14.0. The summed E-state index contributed by atoms with van der Waals surface area (Å²) in [5.74, 6) is 1.46. The molecule has 0 saturated carbocycles. The fourth-order valence-electron chi connectivity index (χ4n) is 2.79. The van der Waals surface area contributed by atoms with E-state index in [-0.39, 0.29) is 0 Å². The van der Waals surface area contributed by atoms with Crippen LogP contribution >= 0.6 is 11.8 Å². The first kappa shape index (κ1) is 17.7. The van der Waals surface area contributed by atoms with Gasteiger partial charge >= 0.3 is 0 Å². The summed E-state index contributed by atoms with van der Waals surface area (Å²) in [6, 6.07) is 17.3. The summed E-state index contributed by atoms with van der Waals surface area (Å²) in [7, 11) is -3.32. The number of nitrogens with one attached hydrogen (secondary N) is 1. The molecule has 0 aliphatic carbocycles. The van der Waals surface area contributed by atoms with Gasteiger partial charge in [0, 0.05) is 17.9 Å². The quantitative estimate of drug-likeness (QED) is 0.712. The smallest absolute Gasteiger partial charge is 0.229 e. The number of sulfonamides is 1. The summed E-state index contributed by atoms with van der Waals surface area (Å²) < 4.78 is 27.1. The zero-order valence-electron chi connectivity index (χ0n) is 14.5. The van der Waals surface area contributed by atoms with Crippen LogP contribution in [0.2, 0.25) is 0 Å². The van der Waals surface area contributed by atoms with E-state index in [4.69, 9.17) is 5.10 Å². The van der Waals surface area contributed by atoms with Crippen molar-refractivity contribution in [3.05, 3.63) is 71.5 Å². The van der Waals surface area contributed by atoms with E-state index in [2.05, 4.69) is 14.9 Å². The van der Waals surface area contributed by atoms with E-state index >= 15 is 0 Å². The Morgan fingerprint density at radius 3 is 2.70 bits per heavy atom. The Balaban J connectivity index is 1.62. The van der Waals surface area contributed by atoms with E-state index in [1.54, 1.807) is 28.6 Å². The Bertz CT molecular complexity index is 1110. The highest BCUT2D eigenvalue weighted by molar-refractivity contribution is 7.99. The summed E-state index contributed by atoms with van der Waals surface area (Å²) in [6.07, 6.45) is 1.63. The molecule has 1 N–H and O–H groups in total. The van der Waals surface area contributed by atoms with Crippen molar-refractivity contribution in [3.63, 3.8) is 0 Å². The molecule has 0 bridgehead atoms. The second-order valence-electron chi connectivity index (χ2n) is 6.16. The number of nitrogens with zero attached hydrogens (tertiary/aromatic N) is 4. The van der Waals surface area contributed by atoms with Crippen LogP contribution in [0.5, 0.6) is 0 Å². The molecule has 0 fully saturated rings. The maximum Gasteiger partial charge on any atom is 0.229 e. The lowest BCUT2D eigenvalue weighted by Gasteiger charge is -2.14. The number of thioether (sulfide) groups is 1. The monoisotopic (exact) mass is 399 g/mol. The Morgan fingerprint density at radius 1 is 1.11 bits per heavy atom. The van der Waals surface area contributed by atoms with Crippen molar-refractivity contribution in [1.82, 2.24) is 14.9 Å². The highest BCUT2D eigenvalue weighted by Gasteiger charge is 2.20. The van der Waals surface area contributed by atoms with Crippen LogP contribution in [0, 0.1) is 0 Å². The number of rotatable bonds is 5. The predicted octanol–water partition coefficient (Wildman–Crippen LogP) is 2.60. The Morgan fingerprint density at radius 2 is 1.93 bits per heavy atom. The second kappa shape index (κ2) is 7.16. The van der Waals surface area contributed by atoms with Crippen LogP contribution in [0.4, 0.5) is 5.69 Å². The van der Waals surface area contributed by atoms with Gasteiger partial charge in [0.1, 0.15) is 0 Å². The van der Waals surface area contributed by atoms with Crippen LogP contribution in [0.3, 0.4) is 0 Å². The van der Waals surface area contributed by atoms with Gasteiger partial charge in [0.2, 0.25) is 15.2 Å². The third-order valence-corrected chi connectivity index (χ3v) is 5.47. The highest BCUT2D eigenvalue weighted by Crippen LogP contribution is 2.25. The lowest BCUT2D eigenvalue weighted by Crippen LogP contribution is -2.14. The van der Waals surface area contributed by atoms with Crippen molar-refractivity contribution in [2.75, 3.05) is 16.7 Å². The third-order valence-electron chi connectivity index (χ3n) is 3.93. The molecular formula is C18H17N5O2S2. The second-order valence-corrected chi connectivity index (χ2v) is 8.85. The fraction of sp³-hybridized carbons (Fsp3) is 0.167. The number of fused-ring (bicyclic) bond motifs is 1. The fourth-order valence-corrected chi connectivity index (χ4v) is 4.20. The molecule has 3 aromatic rings. The van der Waals surface area contributed by atoms with E-state index in [1.165, 1.54) is 0 Å².